The Hall–Kier alpha value is -4.34. The van der Waals surface area contributed by atoms with Gasteiger partial charge in [-0.05, 0) is 86.4 Å². The minimum atomic E-state index is -1.08. The smallest absolute Gasteiger partial charge is 0.309 e. The van der Waals surface area contributed by atoms with Gasteiger partial charge < -0.3 is 25.6 Å². The standard InChI is InChI=1S/C31H34N4O6/c1-17-11-19(26(32)36)7-8-20(17)30-13-18-12-29(15-30,24-22(40-2)5-4-6-23(24)41-3)16-31(14-18,25(30)28(38)39)34-27(37)21-9-10-33-35-21/h4-11,18,25H,12-16H2,1-3H3,(H2,32,36)(H,33,35)(H,34,37)(H,38,39). The van der Waals surface area contributed by atoms with Crippen LogP contribution < -0.4 is 20.5 Å². The van der Waals surface area contributed by atoms with E-state index in [0.717, 1.165) is 23.1 Å². The molecule has 3 aromatic rings. The summed E-state index contributed by atoms with van der Waals surface area (Å²) in [6.45, 7) is 1.89. The van der Waals surface area contributed by atoms with Crippen LogP contribution in [0.1, 0.15) is 69.6 Å². The van der Waals surface area contributed by atoms with E-state index in [1.165, 1.54) is 6.20 Å². The highest BCUT2D eigenvalue weighted by molar-refractivity contribution is 5.94. The zero-order chi connectivity index (χ0) is 29.2. The molecule has 10 heteroatoms. The number of aromatic nitrogens is 2. The van der Waals surface area contributed by atoms with Gasteiger partial charge in [0.1, 0.15) is 17.2 Å². The molecular formula is C31H34N4O6. The number of aryl methyl sites for hydroxylation is 1. The number of carboxylic acid groups (broad SMARTS) is 1. The molecule has 10 nitrogen and oxygen atoms in total. The first-order chi connectivity index (χ1) is 19.6. The Morgan fingerprint density at radius 1 is 1.05 bits per heavy atom. The van der Waals surface area contributed by atoms with E-state index in [9.17, 15) is 19.5 Å². The van der Waals surface area contributed by atoms with Crippen LogP contribution in [0.2, 0.25) is 0 Å². The zero-order valence-corrected chi connectivity index (χ0v) is 23.3. The van der Waals surface area contributed by atoms with Crippen molar-refractivity contribution >= 4 is 17.8 Å². The van der Waals surface area contributed by atoms with Gasteiger partial charge in [0.25, 0.3) is 5.91 Å². The van der Waals surface area contributed by atoms with Crippen LogP contribution in [0.5, 0.6) is 11.5 Å². The number of nitrogens with one attached hydrogen (secondary N) is 2. The molecule has 5 atom stereocenters. The molecule has 2 aromatic carbocycles. The Morgan fingerprint density at radius 3 is 2.37 bits per heavy atom. The van der Waals surface area contributed by atoms with Crippen LogP contribution in [0.4, 0.5) is 0 Å². The van der Waals surface area contributed by atoms with Crippen molar-refractivity contribution in [3.63, 3.8) is 0 Å². The van der Waals surface area contributed by atoms with Gasteiger partial charge in [-0.2, -0.15) is 5.10 Å². The lowest BCUT2D eigenvalue weighted by molar-refractivity contribution is -0.167. The third kappa shape index (κ3) is 3.91. The maximum atomic E-state index is 13.6. The van der Waals surface area contributed by atoms with Crippen molar-refractivity contribution < 1.29 is 29.0 Å². The van der Waals surface area contributed by atoms with E-state index in [1.807, 2.05) is 31.2 Å². The molecule has 5 N–H and O–H groups in total. The quantitative estimate of drug-likeness (QED) is 0.330. The molecule has 5 unspecified atom stereocenters. The molecule has 4 aliphatic rings. The lowest BCUT2D eigenvalue weighted by Gasteiger charge is -2.69. The second kappa shape index (κ2) is 9.36. The molecule has 0 radical (unpaired) electrons. The summed E-state index contributed by atoms with van der Waals surface area (Å²) >= 11 is 0. The van der Waals surface area contributed by atoms with Crippen LogP contribution in [0.3, 0.4) is 0 Å². The van der Waals surface area contributed by atoms with E-state index in [1.54, 1.807) is 32.4 Å². The van der Waals surface area contributed by atoms with E-state index in [0.29, 0.717) is 42.7 Å². The summed E-state index contributed by atoms with van der Waals surface area (Å²) in [6.07, 6.45) is 4.39. The molecule has 4 fully saturated rings. The highest BCUT2D eigenvalue weighted by Gasteiger charge is 2.72. The first-order valence-electron chi connectivity index (χ1n) is 13.8. The number of hydrogen-bond donors (Lipinski definition) is 4. The van der Waals surface area contributed by atoms with Crippen LogP contribution in [-0.2, 0) is 15.6 Å². The second-order valence-electron chi connectivity index (χ2n) is 12.1. The van der Waals surface area contributed by atoms with Crippen LogP contribution in [-0.4, -0.2) is 52.8 Å². The average Bonchev–Trinajstić information content (AvgIpc) is 3.46. The third-order valence-corrected chi connectivity index (χ3v) is 9.76. The van der Waals surface area contributed by atoms with Crippen molar-refractivity contribution in [2.75, 3.05) is 14.2 Å². The minimum absolute atomic E-state index is 0.111. The topological polar surface area (TPSA) is 157 Å². The van der Waals surface area contributed by atoms with Crippen LogP contribution in [0, 0.1) is 18.8 Å². The van der Waals surface area contributed by atoms with E-state index in [4.69, 9.17) is 15.2 Å². The van der Waals surface area contributed by atoms with E-state index < -0.39 is 40.1 Å². The van der Waals surface area contributed by atoms with E-state index in [2.05, 4.69) is 15.5 Å². The van der Waals surface area contributed by atoms with Gasteiger partial charge in [0.05, 0.1) is 25.7 Å². The minimum Gasteiger partial charge on any atom is -0.496 e. The van der Waals surface area contributed by atoms with Gasteiger partial charge in [0.15, 0.2) is 0 Å². The molecule has 4 saturated carbocycles. The maximum Gasteiger partial charge on any atom is 0.309 e. The highest BCUT2D eigenvalue weighted by Crippen LogP contribution is 2.71. The van der Waals surface area contributed by atoms with Gasteiger partial charge in [-0.25, -0.2) is 0 Å². The number of H-pyrrole nitrogens is 1. The van der Waals surface area contributed by atoms with Crippen LogP contribution in [0.15, 0.2) is 48.7 Å². The summed E-state index contributed by atoms with van der Waals surface area (Å²) in [5.74, 6) is -1.37. The van der Waals surface area contributed by atoms with Crippen molar-refractivity contribution in [2.45, 2.75) is 55.4 Å². The Bertz CT molecular complexity index is 1530. The summed E-state index contributed by atoms with van der Waals surface area (Å²) in [5, 5.41) is 20.8. The SMILES string of the molecule is COc1cccc(OC)c1C12CC3CC(NC(=O)c4ccn[nH]4)(C1)C(C(=O)O)C(c1ccc(C(N)=O)cc1C)(C3)C2. The number of nitrogens with zero attached hydrogens (tertiary/aromatic N) is 1. The Morgan fingerprint density at radius 2 is 1.78 bits per heavy atom. The fourth-order valence-corrected chi connectivity index (χ4v) is 9.03. The monoisotopic (exact) mass is 558 g/mol. The summed E-state index contributed by atoms with van der Waals surface area (Å²) in [4.78, 5) is 39.0. The summed E-state index contributed by atoms with van der Waals surface area (Å²) in [7, 11) is 3.24. The fraction of sp³-hybridized carbons (Fsp3) is 0.419. The number of methoxy groups -OCH3 is 2. The van der Waals surface area contributed by atoms with Crippen molar-refractivity contribution in [3.8, 4) is 11.5 Å². The van der Waals surface area contributed by atoms with Crippen molar-refractivity contribution in [3.05, 3.63) is 76.6 Å². The molecule has 2 amide bonds. The Kier molecular flexibility index (Phi) is 6.13. The highest BCUT2D eigenvalue weighted by atomic mass is 16.5. The third-order valence-electron chi connectivity index (χ3n) is 9.76. The molecular weight excluding hydrogens is 524 g/mol. The number of rotatable bonds is 8. The number of aromatic amines is 1. The van der Waals surface area contributed by atoms with Gasteiger partial charge in [0, 0.05) is 28.2 Å². The molecule has 7 rings (SSSR count). The summed E-state index contributed by atoms with van der Waals surface area (Å²) in [6, 6.07) is 12.5. The molecule has 0 spiro atoms. The van der Waals surface area contributed by atoms with Crippen molar-refractivity contribution in [1.29, 1.82) is 0 Å². The second-order valence-corrected chi connectivity index (χ2v) is 12.1. The number of hydrogen-bond acceptors (Lipinski definition) is 6. The van der Waals surface area contributed by atoms with Crippen LogP contribution in [0.25, 0.3) is 0 Å². The molecule has 4 aliphatic carbocycles. The molecule has 0 aliphatic heterocycles. The van der Waals surface area contributed by atoms with Gasteiger partial charge in [-0.1, -0.05) is 12.1 Å². The maximum absolute atomic E-state index is 13.6. The molecule has 41 heavy (non-hydrogen) atoms. The Balaban J connectivity index is 1.61. The number of amides is 2. The Labute approximate surface area is 237 Å². The largest absolute Gasteiger partial charge is 0.496 e. The summed E-state index contributed by atoms with van der Waals surface area (Å²) in [5.41, 5.74) is 6.29. The first-order valence-corrected chi connectivity index (χ1v) is 13.8. The van der Waals surface area contributed by atoms with Gasteiger partial charge in [0.2, 0.25) is 5.91 Å². The molecule has 0 saturated heterocycles. The predicted molar refractivity (Wildman–Crippen MR) is 149 cm³/mol. The average molecular weight is 559 g/mol. The van der Waals surface area contributed by atoms with Gasteiger partial charge >= 0.3 is 5.97 Å². The first kappa shape index (κ1) is 26.9. The normalized spacial score (nSPS) is 29.6. The number of primary amides is 1. The molecule has 1 heterocycles. The molecule has 214 valence electrons. The fourth-order valence-electron chi connectivity index (χ4n) is 9.03. The number of ether oxygens (including phenoxy) is 2. The van der Waals surface area contributed by atoms with Crippen molar-refractivity contribution in [1.82, 2.24) is 15.5 Å². The number of carboxylic acids is 1. The number of benzene rings is 2. The van der Waals surface area contributed by atoms with Gasteiger partial charge in [-0.3, -0.25) is 19.5 Å². The lowest BCUT2D eigenvalue weighted by atomic mass is 9.35. The van der Waals surface area contributed by atoms with Crippen molar-refractivity contribution in [2.24, 2.45) is 17.6 Å². The molecule has 1 aromatic heterocycles. The number of carbonyl (C=O) groups is 3. The zero-order valence-electron chi connectivity index (χ0n) is 23.3. The van der Waals surface area contributed by atoms with Gasteiger partial charge in [-0.15, -0.1) is 0 Å². The van der Waals surface area contributed by atoms with E-state index >= 15 is 0 Å². The van der Waals surface area contributed by atoms with E-state index in [-0.39, 0.29) is 11.6 Å². The lowest BCUT2D eigenvalue weighted by Crippen LogP contribution is -2.75. The number of aliphatic carboxylic acids is 1. The number of nitrogens with two attached hydrogens (primary N) is 1. The number of carbonyl (C=O) groups excluding carboxylic acids is 2. The predicted octanol–water partition coefficient (Wildman–Crippen LogP) is 3.49. The van der Waals surface area contributed by atoms with Crippen LogP contribution >= 0.6 is 0 Å². The summed E-state index contributed by atoms with van der Waals surface area (Å²) < 4.78 is 11.8. The molecule has 4 bridgehead atoms.